The zero-order valence-corrected chi connectivity index (χ0v) is 23.0. The largest absolute Gasteiger partial charge is 0.497 e. The molecule has 0 radical (unpaired) electrons. The molecule has 0 bridgehead atoms. The van der Waals surface area contributed by atoms with E-state index >= 15 is 0 Å². The van der Waals surface area contributed by atoms with Gasteiger partial charge in [-0.15, -0.1) is 0 Å². The molecule has 0 aliphatic carbocycles. The van der Waals surface area contributed by atoms with Crippen LogP contribution in [0.15, 0.2) is 42.5 Å². The number of halogens is 1. The van der Waals surface area contributed by atoms with E-state index in [0.717, 1.165) is 16.1 Å². The van der Waals surface area contributed by atoms with Crippen LogP contribution in [0, 0.1) is 5.92 Å². The van der Waals surface area contributed by atoms with Crippen molar-refractivity contribution in [2.24, 2.45) is 5.92 Å². The van der Waals surface area contributed by atoms with Gasteiger partial charge in [-0.3, -0.25) is 13.9 Å². The molecule has 9 nitrogen and oxygen atoms in total. The number of nitrogens with zero attached hydrogens (tertiary/aromatic N) is 2. The summed E-state index contributed by atoms with van der Waals surface area (Å²) in [6.45, 7) is 5.55. The molecule has 0 saturated heterocycles. The number of sulfonamides is 1. The first-order valence-electron chi connectivity index (χ1n) is 11.4. The highest BCUT2D eigenvalue weighted by Gasteiger charge is 2.31. The second-order valence-corrected chi connectivity index (χ2v) is 11.1. The Hall–Kier alpha value is -2.98. The predicted octanol–water partition coefficient (Wildman–Crippen LogP) is 3.31. The van der Waals surface area contributed by atoms with Crippen molar-refractivity contribution < 1.29 is 27.5 Å². The molecule has 11 heteroatoms. The Balaban J connectivity index is 2.43. The molecule has 2 amide bonds. The van der Waals surface area contributed by atoms with Gasteiger partial charge in [-0.05, 0) is 42.7 Å². The molecule has 0 fully saturated rings. The molecule has 1 N–H and O–H groups in total. The summed E-state index contributed by atoms with van der Waals surface area (Å²) in [4.78, 5) is 27.8. The van der Waals surface area contributed by atoms with Crippen LogP contribution < -0.4 is 19.1 Å². The Morgan fingerprint density at radius 3 is 2.19 bits per heavy atom. The van der Waals surface area contributed by atoms with Gasteiger partial charge in [-0.1, -0.05) is 37.6 Å². The van der Waals surface area contributed by atoms with Crippen molar-refractivity contribution in [3.8, 4) is 11.5 Å². The molecule has 2 aromatic carbocycles. The molecule has 0 aliphatic rings. The van der Waals surface area contributed by atoms with Crippen LogP contribution in [0.5, 0.6) is 11.5 Å². The zero-order chi connectivity index (χ0) is 27.0. The first-order valence-corrected chi connectivity index (χ1v) is 13.6. The van der Waals surface area contributed by atoms with Crippen LogP contribution in [0.3, 0.4) is 0 Å². The molecule has 0 spiro atoms. The van der Waals surface area contributed by atoms with Gasteiger partial charge >= 0.3 is 0 Å². The van der Waals surface area contributed by atoms with Crippen molar-refractivity contribution in [1.82, 2.24) is 10.2 Å². The summed E-state index contributed by atoms with van der Waals surface area (Å²) in [7, 11) is -1.02. The van der Waals surface area contributed by atoms with E-state index in [-0.39, 0.29) is 29.8 Å². The average Bonchev–Trinajstić information content (AvgIpc) is 2.83. The lowest BCUT2D eigenvalue weighted by Gasteiger charge is -2.32. The van der Waals surface area contributed by atoms with E-state index in [4.69, 9.17) is 21.1 Å². The number of carbonyl (C=O) groups excluding carboxylic acids is 2. The zero-order valence-electron chi connectivity index (χ0n) is 21.4. The van der Waals surface area contributed by atoms with E-state index in [1.807, 2.05) is 13.8 Å². The molecule has 0 aliphatic heterocycles. The summed E-state index contributed by atoms with van der Waals surface area (Å²) in [5, 5.41) is 3.37. The molecule has 0 unspecified atom stereocenters. The predicted molar refractivity (Wildman–Crippen MR) is 141 cm³/mol. The molecule has 2 aromatic rings. The second-order valence-electron chi connectivity index (χ2n) is 8.77. The first kappa shape index (κ1) is 29.3. The summed E-state index contributed by atoms with van der Waals surface area (Å²) < 4.78 is 37.0. The third kappa shape index (κ3) is 8.03. The second kappa shape index (κ2) is 12.8. The number of carbonyl (C=O) groups is 2. The number of anilines is 1. The van der Waals surface area contributed by atoms with E-state index in [0.29, 0.717) is 17.3 Å². The number of hydrogen-bond donors (Lipinski definition) is 1. The maximum atomic E-state index is 13.6. The minimum atomic E-state index is -3.90. The minimum Gasteiger partial charge on any atom is -0.497 e. The number of amides is 2. The van der Waals surface area contributed by atoms with Crippen LogP contribution in [0.25, 0.3) is 0 Å². The van der Waals surface area contributed by atoms with E-state index in [2.05, 4.69) is 5.32 Å². The third-order valence-corrected chi connectivity index (χ3v) is 6.83. The molecule has 0 saturated carbocycles. The monoisotopic (exact) mass is 539 g/mol. The summed E-state index contributed by atoms with van der Waals surface area (Å²) in [5.74, 6) is 0.0268. The molecule has 198 valence electrons. The van der Waals surface area contributed by atoms with Gasteiger partial charge in [0.15, 0.2) is 0 Å². The smallest absolute Gasteiger partial charge is 0.244 e. The van der Waals surface area contributed by atoms with Gasteiger partial charge in [0, 0.05) is 24.2 Å². The average molecular weight is 540 g/mol. The lowest BCUT2D eigenvalue weighted by Crippen LogP contribution is -2.51. The highest BCUT2D eigenvalue weighted by atomic mass is 35.5. The van der Waals surface area contributed by atoms with Crippen molar-refractivity contribution in [3.05, 3.63) is 53.1 Å². The van der Waals surface area contributed by atoms with Crippen LogP contribution in [0.1, 0.15) is 26.3 Å². The topological polar surface area (TPSA) is 105 Å². The fraction of sp³-hybridized carbons (Fsp3) is 0.440. The number of hydrogen-bond acceptors (Lipinski definition) is 6. The van der Waals surface area contributed by atoms with Crippen molar-refractivity contribution >= 4 is 39.1 Å². The highest BCUT2D eigenvalue weighted by Crippen LogP contribution is 2.33. The van der Waals surface area contributed by atoms with E-state index in [9.17, 15) is 18.0 Å². The van der Waals surface area contributed by atoms with Gasteiger partial charge in [0.1, 0.15) is 24.1 Å². The maximum absolute atomic E-state index is 13.6. The minimum absolute atomic E-state index is 0.0869. The molecular formula is C25H34ClN3O6S. The molecule has 0 aromatic heterocycles. The first-order chi connectivity index (χ1) is 16.9. The Morgan fingerprint density at radius 1 is 1.03 bits per heavy atom. The molecule has 36 heavy (non-hydrogen) atoms. The van der Waals surface area contributed by atoms with Gasteiger partial charge in [-0.25, -0.2) is 8.42 Å². The summed E-state index contributed by atoms with van der Waals surface area (Å²) >= 11 is 5.99. The van der Waals surface area contributed by atoms with Crippen LogP contribution in [-0.2, 0) is 26.2 Å². The Bertz CT molecular complexity index is 1150. The van der Waals surface area contributed by atoms with E-state index in [1.165, 1.54) is 31.3 Å². The third-order valence-electron chi connectivity index (χ3n) is 5.45. The fourth-order valence-electron chi connectivity index (χ4n) is 3.41. The summed E-state index contributed by atoms with van der Waals surface area (Å²) in [5.41, 5.74) is 0.918. The normalized spacial score (nSPS) is 12.1. The number of rotatable bonds is 12. The van der Waals surface area contributed by atoms with E-state index in [1.54, 1.807) is 37.3 Å². The van der Waals surface area contributed by atoms with Crippen LogP contribution >= 0.6 is 11.6 Å². The van der Waals surface area contributed by atoms with Crippen molar-refractivity contribution in [2.45, 2.75) is 33.4 Å². The van der Waals surface area contributed by atoms with Gasteiger partial charge in [0.05, 0.1) is 26.2 Å². The molecule has 0 heterocycles. The lowest BCUT2D eigenvalue weighted by molar-refractivity contribution is -0.139. The van der Waals surface area contributed by atoms with Gasteiger partial charge < -0.3 is 19.7 Å². The number of nitrogens with one attached hydrogen (secondary N) is 1. The quantitative estimate of drug-likeness (QED) is 0.443. The SMILES string of the molecule is COc1ccc(N(CC(=O)N(Cc2ccc(Cl)cc2)[C@H](C)C(=O)NCC(C)C)S(C)(=O)=O)c(OC)c1. The van der Waals surface area contributed by atoms with Crippen LogP contribution in [0.4, 0.5) is 5.69 Å². The van der Waals surface area contributed by atoms with Crippen molar-refractivity contribution in [1.29, 1.82) is 0 Å². The van der Waals surface area contributed by atoms with Gasteiger partial charge in [0.2, 0.25) is 21.8 Å². The fourth-order valence-corrected chi connectivity index (χ4v) is 4.39. The van der Waals surface area contributed by atoms with Gasteiger partial charge in [-0.2, -0.15) is 0 Å². The molecular weight excluding hydrogens is 506 g/mol. The summed E-state index contributed by atoms with van der Waals surface area (Å²) in [6.07, 6.45) is 1.01. The number of benzene rings is 2. The van der Waals surface area contributed by atoms with Crippen molar-refractivity contribution in [2.75, 3.05) is 37.9 Å². The lowest BCUT2D eigenvalue weighted by atomic mass is 10.1. The van der Waals surface area contributed by atoms with Crippen molar-refractivity contribution in [3.63, 3.8) is 0 Å². The Morgan fingerprint density at radius 2 is 1.67 bits per heavy atom. The molecule has 2 rings (SSSR count). The molecule has 1 atom stereocenters. The Labute approximate surface area is 218 Å². The van der Waals surface area contributed by atoms with Crippen LogP contribution in [-0.4, -0.2) is 64.7 Å². The number of methoxy groups -OCH3 is 2. The summed E-state index contributed by atoms with van der Waals surface area (Å²) in [6, 6.07) is 10.6. The van der Waals surface area contributed by atoms with Crippen LogP contribution in [0.2, 0.25) is 5.02 Å². The standard InChI is InChI=1S/C25H34ClN3O6S/c1-17(2)14-27-25(31)18(3)28(15-19-7-9-20(26)10-8-19)24(30)16-29(36(6,32)33)22-12-11-21(34-4)13-23(22)35-5/h7-13,17-18H,14-16H2,1-6H3,(H,27,31)/t18-/m1/s1. The van der Waals surface area contributed by atoms with Gasteiger partial charge in [0.25, 0.3) is 0 Å². The van der Waals surface area contributed by atoms with E-state index < -0.39 is 28.5 Å². The highest BCUT2D eigenvalue weighted by molar-refractivity contribution is 7.92. The maximum Gasteiger partial charge on any atom is 0.244 e. The number of ether oxygens (including phenoxy) is 2. The Kier molecular flexibility index (Phi) is 10.4.